The van der Waals surface area contributed by atoms with Gasteiger partial charge in [0.25, 0.3) is 0 Å². The number of carbonyl (C=O) groups is 1. The zero-order valence-electron chi connectivity index (χ0n) is 9.64. The minimum absolute atomic E-state index is 0.0491. The highest BCUT2D eigenvalue weighted by molar-refractivity contribution is 9.10. The quantitative estimate of drug-likeness (QED) is 0.947. The number of nitrogens with zero attached hydrogens (tertiary/aromatic N) is 2. The van der Waals surface area contributed by atoms with Crippen molar-refractivity contribution >= 4 is 27.4 Å². The molecule has 2 rings (SSSR count). The van der Waals surface area contributed by atoms with Gasteiger partial charge in [0.1, 0.15) is 10.4 Å². The van der Waals surface area contributed by atoms with Crippen LogP contribution in [0, 0.1) is 0 Å². The first-order chi connectivity index (χ1) is 7.92. The molecule has 0 aliphatic heterocycles. The van der Waals surface area contributed by atoms with Crippen LogP contribution in [0.15, 0.2) is 29.0 Å². The summed E-state index contributed by atoms with van der Waals surface area (Å²) in [5.74, 6) is -0.0684. The van der Waals surface area contributed by atoms with Gasteiger partial charge in [-0.3, -0.25) is 4.79 Å². The Hall–Kier alpha value is -1.36. The number of aromatic nitrogens is 2. The third kappa shape index (κ3) is 2.20. The van der Waals surface area contributed by atoms with E-state index in [2.05, 4.69) is 20.9 Å². The molecule has 2 aromatic rings. The molecule has 0 atom stereocenters. The van der Waals surface area contributed by atoms with Gasteiger partial charge in [-0.1, -0.05) is 19.9 Å². The highest BCUT2D eigenvalue weighted by atomic mass is 79.9. The molecule has 0 bridgehead atoms. The van der Waals surface area contributed by atoms with Crippen molar-refractivity contribution in [3.8, 4) is 0 Å². The minimum atomic E-state index is -0.821. The van der Waals surface area contributed by atoms with Crippen LogP contribution in [0.3, 0.4) is 0 Å². The molecule has 0 saturated heterocycles. The van der Waals surface area contributed by atoms with E-state index in [9.17, 15) is 4.79 Å². The van der Waals surface area contributed by atoms with Gasteiger partial charge in [0.15, 0.2) is 0 Å². The molecule has 4 nitrogen and oxygen atoms in total. The van der Waals surface area contributed by atoms with Crippen molar-refractivity contribution in [1.29, 1.82) is 0 Å². The molecule has 17 heavy (non-hydrogen) atoms. The average molecular weight is 297 g/mol. The maximum absolute atomic E-state index is 10.9. The molecule has 5 heteroatoms. The van der Waals surface area contributed by atoms with Crippen LogP contribution in [0.25, 0.3) is 5.52 Å². The maximum Gasteiger partial charge on any atom is 0.304 e. The monoisotopic (exact) mass is 296 g/mol. The Morgan fingerprint density at radius 2 is 2.24 bits per heavy atom. The summed E-state index contributed by atoms with van der Waals surface area (Å²) in [7, 11) is 0. The van der Waals surface area contributed by atoms with Crippen molar-refractivity contribution in [3.05, 3.63) is 34.8 Å². The smallest absolute Gasteiger partial charge is 0.304 e. The Balaban J connectivity index is 2.59. The molecule has 0 saturated carbocycles. The fraction of sp³-hybridized carbons (Fsp3) is 0.333. The van der Waals surface area contributed by atoms with E-state index in [0.29, 0.717) is 0 Å². The van der Waals surface area contributed by atoms with Gasteiger partial charge in [-0.05, 0) is 28.1 Å². The third-order valence-corrected chi connectivity index (χ3v) is 3.29. The van der Waals surface area contributed by atoms with Gasteiger partial charge in [0, 0.05) is 11.6 Å². The molecule has 0 amide bonds. The molecular formula is C12H13BrN2O2. The van der Waals surface area contributed by atoms with Crippen molar-refractivity contribution in [2.45, 2.75) is 25.7 Å². The second-order valence-electron chi connectivity index (χ2n) is 4.64. The van der Waals surface area contributed by atoms with E-state index in [-0.39, 0.29) is 6.42 Å². The van der Waals surface area contributed by atoms with Gasteiger partial charge in [-0.25, -0.2) is 4.98 Å². The van der Waals surface area contributed by atoms with E-state index >= 15 is 0 Å². The van der Waals surface area contributed by atoms with E-state index in [1.165, 1.54) is 0 Å². The predicted molar refractivity (Wildman–Crippen MR) is 68.2 cm³/mol. The number of fused-ring (bicyclic) bond motifs is 1. The SMILES string of the molecule is CC(C)(CC(=O)O)c1nc(Br)c2ccccn12. The zero-order chi connectivity index (χ0) is 12.6. The molecule has 0 unspecified atom stereocenters. The van der Waals surface area contributed by atoms with Gasteiger partial charge in [-0.15, -0.1) is 0 Å². The van der Waals surface area contributed by atoms with E-state index in [4.69, 9.17) is 5.11 Å². The van der Waals surface area contributed by atoms with Crippen molar-refractivity contribution in [1.82, 2.24) is 9.38 Å². The minimum Gasteiger partial charge on any atom is -0.481 e. The number of aliphatic carboxylic acids is 1. The largest absolute Gasteiger partial charge is 0.481 e. The first-order valence-electron chi connectivity index (χ1n) is 5.27. The Kier molecular flexibility index (Phi) is 2.95. The number of hydrogen-bond acceptors (Lipinski definition) is 2. The van der Waals surface area contributed by atoms with Crippen molar-refractivity contribution in [3.63, 3.8) is 0 Å². The highest BCUT2D eigenvalue weighted by Crippen LogP contribution is 2.30. The van der Waals surface area contributed by atoms with Crippen LogP contribution >= 0.6 is 15.9 Å². The molecule has 0 aliphatic carbocycles. The summed E-state index contributed by atoms with van der Waals surface area (Å²) in [6.07, 6.45) is 1.94. The Bertz CT molecular complexity index is 575. The fourth-order valence-electron chi connectivity index (χ4n) is 1.93. The Morgan fingerprint density at radius 3 is 2.88 bits per heavy atom. The van der Waals surface area contributed by atoms with Crippen LogP contribution in [-0.2, 0) is 10.2 Å². The summed E-state index contributed by atoms with van der Waals surface area (Å²) >= 11 is 3.40. The van der Waals surface area contributed by atoms with Gasteiger partial charge < -0.3 is 9.51 Å². The number of pyridine rings is 1. The molecule has 0 aromatic carbocycles. The first kappa shape index (κ1) is 12.1. The maximum atomic E-state index is 10.9. The molecule has 0 spiro atoms. The molecule has 2 heterocycles. The predicted octanol–water partition coefficient (Wildman–Crippen LogP) is 2.85. The number of halogens is 1. The molecule has 0 aliphatic rings. The van der Waals surface area contributed by atoms with Gasteiger partial charge >= 0.3 is 5.97 Å². The number of hydrogen-bond donors (Lipinski definition) is 1. The lowest BCUT2D eigenvalue weighted by Crippen LogP contribution is -2.24. The van der Waals surface area contributed by atoms with Gasteiger partial charge in [0.05, 0.1) is 11.9 Å². The summed E-state index contributed by atoms with van der Waals surface area (Å²) in [6.45, 7) is 3.77. The lowest BCUT2D eigenvalue weighted by molar-refractivity contribution is -0.138. The van der Waals surface area contributed by atoms with Crippen LogP contribution < -0.4 is 0 Å². The summed E-state index contributed by atoms with van der Waals surface area (Å²) in [6, 6.07) is 5.77. The summed E-state index contributed by atoms with van der Waals surface area (Å²) < 4.78 is 2.67. The van der Waals surface area contributed by atoms with E-state index < -0.39 is 11.4 Å². The molecular weight excluding hydrogens is 284 g/mol. The molecule has 1 N–H and O–H groups in total. The third-order valence-electron chi connectivity index (χ3n) is 2.70. The number of carboxylic acids is 1. The van der Waals surface area contributed by atoms with Crippen LogP contribution in [-0.4, -0.2) is 20.5 Å². The lowest BCUT2D eigenvalue weighted by atomic mass is 9.88. The topological polar surface area (TPSA) is 54.6 Å². The second-order valence-corrected chi connectivity index (χ2v) is 5.39. The lowest BCUT2D eigenvalue weighted by Gasteiger charge is -2.20. The van der Waals surface area contributed by atoms with Crippen molar-refractivity contribution in [2.75, 3.05) is 0 Å². The molecule has 0 radical (unpaired) electrons. The zero-order valence-corrected chi connectivity index (χ0v) is 11.2. The Labute approximate surface area is 107 Å². The second kappa shape index (κ2) is 4.14. The van der Waals surface area contributed by atoms with Crippen LogP contribution in [0.2, 0.25) is 0 Å². The summed E-state index contributed by atoms with van der Waals surface area (Å²) in [5.41, 5.74) is 0.434. The standard InChI is InChI=1S/C12H13BrN2O2/c1-12(2,7-9(16)17)11-14-10(13)8-5-3-4-6-15(8)11/h3-6H,7H2,1-2H3,(H,16,17). The summed E-state index contributed by atoms with van der Waals surface area (Å²) in [4.78, 5) is 15.3. The van der Waals surface area contributed by atoms with E-state index in [1.54, 1.807) is 0 Å². The van der Waals surface area contributed by atoms with E-state index in [0.717, 1.165) is 15.9 Å². The Morgan fingerprint density at radius 1 is 1.53 bits per heavy atom. The van der Waals surface area contributed by atoms with Crippen molar-refractivity contribution in [2.24, 2.45) is 0 Å². The van der Waals surface area contributed by atoms with Gasteiger partial charge in [0.2, 0.25) is 0 Å². The van der Waals surface area contributed by atoms with Crippen molar-refractivity contribution < 1.29 is 9.90 Å². The molecule has 0 fully saturated rings. The van der Waals surface area contributed by atoms with E-state index in [1.807, 2.05) is 42.6 Å². The normalized spacial score (nSPS) is 11.9. The summed E-state index contributed by atoms with van der Waals surface area (Å²) in [5, 5.41) is 8.94. The van der Waals surface area contributed by atoms with Crippen LogP contribution in [0.4, 0.5) is 0 Å². The fourth-order valence-corrected chi connectivity index (χ4v) is 2.43. The number of rotatable bonds is 3. The number of carboxylic acid groups (broad SMARTS) is 1. The first-order valence-corrected chi connectivity index (χ1v) is 6.06. The molecule has 90 valence electrons. The van der Waals surface area contributed by atoms with Crippen LogP contribution in [0.5, 0.6) is 0 Å². The number of imidazole rings is 1. The van der Waals surface area contributed by atoms with Gasteiger partial charge in [-0.2, -0.15) is 0 Å². The highest BCUT2D eigenvalue weighted by Gasteiger charge is 2.29. The van der Waals surface area contributed by atoms with Crippen LogP contribution in [0.1, 0.15) is 26.1 Å². The molecule has 2 aromatic heterocycles. The average Bonchev–Trinajstić information content (AvgIpc) is 2.56.